The standard InChI is InChI=1S/C40H42N4O2S2/c1-39(2,3)29-19-15-27(16-20-29)25-47-37-41-33-13-9-7-11-31(33)35(45)43(37)23-24-44-36(46)32-12-8-10-14-34(32)42-38(44)48-26-28-17-21-30(22-18-28)40(4,5)6/h7-22H,23-26H2,1-6H3. The zero-order valence-electron chi connectivity index (χ0n) is 28.5. The van der Waals surface area contributed by atoms with Crippen LogP contribution in [0.5, 0.6) is 0 Å². The van der Waals surface area contributed by atoms with Crippen LogP contribution in [-0.4, -0.2) is 19.1 Å². The van der Waals surface area contributed by atoms with Gasteiger partial charge in [0.05, 0.1) is 21.8 Å². The molecule has 0 atom stereocenters. The summed E-state index contributed by atoms with van der Waals surface area (Å²) >= 11 is 3.08. The van der Waals surface area contributed by atoms with Crippen molar-refractivity contribution in [2.24, 2.45) is 0 Å². The minimum absolute atomic E-state index is 0.0791. The summed E-state index contributed by atoms with van der Waals surface area (Å²) in [6, 6.07) is 32.2. The lowest BCUT2D eigenvalue weighted by atomic mass is 9.87. The van der Waals surface area contributed by atoms with E-state index in [-0.39, 0.29) is 35.0 Å². The Morgan fingerprint density at radius 3 is 1.23 bits per heavy atom. The number of benzene rings is 4. The van der Waals surface area contributed by atoms with Crippen LogP contribution in [-0.2, 0) is 35.4 Å². The summed E-state index contributed by atoms with van der Waals surface area (Å²) in [5.41, 5.74) is 6.15. The molecule has 6 aromatic rings. The second-order valence-corrected chi connectivity index (χ2v) is 16.1. The minimum atomic E-state index is -0.110. The fourth-order valence-corrected chi connectivity index (χ4v) is 7.57. The quantitative estimate of drug-likeness (QED) is 0.113. The van der Waals surface area contributed by atoms with Gasteiger partial charge in [-0.05, 0) is 57.3 Å². The zero-order chi connectivity index (χ0) is 34.1. The number of thioether (sulfide) groups is 2. The van der Waals surface area contributed by atoms with Crippen molar-refractivity contribution >= 4 is 45.3 Å². The molecule has 0 amide bonds. The Bertz CT molecular complexity index is 2030. The van der Waals surface area contributed by atoms with Gasteiger partial charge in [0.2, 0.25) is 0 Å². The maximum Gasteiger partial charge on any atom is 0.262 e. The molecule has 246 valence electrons. The Labute approximate surface area is 290 Å². The highest BCUT2D eigenvalue weighted by atomic mass is 32.2. The number of hydrogen-bond acceptors (Lipinski definition) is 6. The van der Waals surface area contributed by atoms with Crippen LogP contribution in [0, 0.1) is 0 Å². The first-order chi connectivity index (χ1) is 22.9. The van der Waals surface area contributed by atoms with Crippen molar-refractivity contribution in [1.82, 2.24) is 19.1 Å². The number of rotatable bonds is 9. The first kappa shape index (κ1) is 33.7. The largest absolute Gasteiger partial charge is 0.285 e. The van der Waals surface area contributed by atoms with Crippen molar-refractivity contribution in [3.05, 3.63) is 140 Å². The summed E-state index contributed by atoms with van der Waals surface area (Å²) in [5, 5.41) is 2.39. The molecular formula is C40H42N4O2S2. The van der Waals surface area contributed by atoms with Crippen molar-refractivity contribution in [2.45, 2.75) is 87.3 Å². The highest BCUT2D eigenvalue weighted by Gasteiger charge is 2.18. The topological polar surface area (TPSA) is 69.8 Å². The zero-order valence-corrected chi connectivity index (χ0v) is 30.1. The number of aromatic nitrogens is 4. The smallest absolute Gasteiger partial charge is 0.262 e. The van der Waals surface area contributed by atoms with Crippen molar-refractivity contribution in [3.63, 3.8) is 0 Å². The van der Waals surface area contributed by atoms with Crippen molar-refractivity contribution in [1.29, 1.82) is 0 Å². The van der Waals surface area contributed by atoms with Crippen molar-refractivity contribution < 1.29 is 0 Å². The van der Waals surface area contributed by atoms with E-state index in [1.807, 2.05) is 48.5 Å². The Morgan fingerprint density at radius 2 is 0.875 bits per heavy atom. The van der Waals surface area contributed by atoms with E-state index in [9.17, 15) is 9.59 Å². The number of nitrogens with zero attached hydrogens (tertiary/aromatic N) is 4. The van der Waals surface area contributed by atoms with Crippen LogP contribution in [0.25, 0.3) is 21.8 Å². The summed E-state index contributed by atoms with van der Waals surface area (Å²) in [7, 11) is 0. The van der Waals surface area contributed by atoms with Crippen LogP contribution in [0.4, 0.5) is 0 Å². The Balaban J connectivity index is 1.31. The third-order valence-electron chi connectivity index (χ3n) is 8.58. The summed E-state index contributed by atoms with van der Waals surface area (Å²) < 4.78 is 3.44. The summed E-state index contributed by atoms with van der Waals surface area (Å²) in [6.45, 7) is 13.8. The average Bonchev–Trinajstić information content (AvgIpc) is 3.06. The lowest BCUT2D eigenvalue weighted by molar-refractivity contribution is 0.486. The lowest BCUT2D eigenvalue weighted by Gasteiger charge is -2.19. The molecular weight excluding hydrogens is 633 g/mol. The molecule has 8 heteroatoms. The molecule has 6 nitrogen and oxygen atoms in total. The van der Waals surface area contributed by atoms with E-state index in [4.69, 9.17) is 9.97 Å². The van der Waals surface area contributed by atoms with E-state index in [0.29, 0.717) is 43.6 Å². The van der Waals surface area contributed by atoms with Crippen LogP contribution in [0.15, 0.2) is 117 Å². The van der Waals surface area contributed by atoms with Gasteiger partial charge in [0.1, 0.15) is 0 Å². The van der Waals surface area contributed by atoms with Crippen molar-refractivity contribution in [3.8, 4) is 0 Å². The first-order valence-electron chi connectivity index (χ1n) is 16.3. The molecule has 4 aromatic carbocycles. The monoisotopic (exact) mass is 674 g/mol. The molecule has 0 saturated heterocycles. The van der Waals surface area contributed by atoms with Crippen LogP contribution in [0.2, 0.25) is 0 Å². The average molecular weight is 675 g/mol. The maximum absolute atomic E-state index is 13.9. The molecule has 48 heavy (non-hydrogen) atoms. The normalized spacial score (nSPS) is 12.2. The molecule has 0 saturated carbocycles. The molecule has 6 rings (SSSR count). The van der Waals surface area contributed by atoms with E-state index in [1.165, 1.54) is 11.1 Å². The summed E-state index contributed by atoms with van der Waals surface area (Å²) in [5.74, 6) is 1.34. The molecule has 0 radical (unpaired) electrons. The minimum Gasteiger partial charge on any atom is -0.285 e. The third-order valence-corrected chi connectivity index (χ3v) is 10.7. The second kappa shape index (κ2) is 13.8. The lowest BCUT2D eigenvalue weighted by Crippen LogP contribution is -2.30. The molecule has 2 aromatic heterocycles. The fraction of sp³-hybridized carbons (Fsp3) is 0.300. The Kier molecular flexibility index (Phi) is 9.68. The maximum atomic E-state index is 13.9. The van der Waals surface area contributed by atoms with Gasteiger partial charge in [0, 0.05) is 24.6 Å². The van der Waals surface area contributed by atoms with Crippen LogP contribution >= 0.6 is 23.5 Å². The van der Waals surface area contributed by atoms with Crippen LogP contribution in [0.1, 0.15) is 63.8 Å². The van der Waals surface area contributed by atoms with Gasteiger partial charge in [-0.15, -0.1) is 0 Å². The fourth-order valence-electron chi connectivity index (χ4n) is 5.61. The van der Waals surface area contributed by atoms with Gasteiger partial charge >= 0.3 is 0 Å². The van der Waals surface area contributed by atoms with Gasteiger partial charge in [-0.3, -0.25) is 18.7 Å². The molecule has 0 bridgehead atoms. The van der Waals surface area contributed by atoms with Gasteiger partial charge in [-0.1, -0.05) is 138 Å². The van der Waals surface area contributed by atoms with Gasteiger partial charge in [-0.25, -0.2) is 9.97 Å². The summed E-state index contributed by atoms with van der Waals surface area (Å²) in [4.78, 5) is 37.7. The Hall–Kier alpha value is -4.14. The van der Waals surface area contributed by atoms with Gasteiger partial charge in [0.25, 0.3) is 11.1 Å². The molecule has 0 N–H and O–H groups in total. The van der Waals surface area contributed by atoms with Crippen LogP contribution < -0.4 is 11.1 Å². The molecule has 0 aliphatic carbocycles. The SMILES string of the molecule is CC(C)(C)c1ccc(CSc2nc3ccccc3c(=O)n2CCn2c(SCc3ccc(C(C)(C)C)cc3)nc3ccccc3c2=O)cc1. The number of fused-ring (bicyclic) bond motifs is 2. The third kappa shape index (κ3) is 7.45. The predicted octanol–water partition coefficient (Wildman–Crippen LogP) is 8.99. The first-order valence-corrected chi connectivity index (χ1v) is 18.3. The predicted molar refractivity (Wildman–Crippen MR) is 201 cm³/mol. The molecule has 0 unspecified atom stereocenters. The van der Waals surface area contributed by atoms with E-state index < -0.39 is 0 Å². The van der Waals surface area contributed by atoms with Gasteiger partial charge < -0.3 is 0 Å². The van der Waals surface area contributed by atoms with E-state index >= 15 is 0 Å². The summed E-state index contributed by atoms with van der Waals surface area (Å²) in [6.07, 6.45) is 0. The van der Waals surface area contributed by atoms with Gasteiger partial charge in [0.15, 0.2) is 10.3 Å². The molecule has 0 aliphatic rings. The van der Waals surface area contributed by atoms with Crippen molar-refractivity contribution in [2.75, 3.05) is 0 Å². The van der Waals surface area contributed by atoms with E-state index in [0.717, 1.165) is 11.1 Å². The highest BCUT2D eigenvalue weighted by Crippen LogP contribution is 2.28. The molecule has 0 spiro atoms. The number of para-hydroxylation sites is 2. The van der Waals surface area contributed by atoms with Gasteiger partial charge in [-0.2, -0.15) is 0 Å². The van der Waals surface area contributed by atoms with E-state index in [2.05, 4.69) is 90.1 Å². The Morgan fingerprint density at radius 1 is 0.521 bits per heavy atom. The van der Waals surface area contributed by atoms with E-state index in [1.54, 1.807) is 32.7 Å². The molecule has 0 aliphatic heterocycles. The second-order valence-electron chi connectivity index (χ2n) is 14.2. The molecule has 0 fully saturated rings. The molecule has 2 heterocycles. The van der Waals surface area contributed by atoms with Crippen LogP contribution in [0.3, 0.4) is 0 Å². The number of hydrogen-bond donors (Lipinski definition) is 0. The highest BCUT2D eigenvalue weighted by molar-refractivity contribution is 7.98.